The highest BCUT2D eigenvalue weighted by atomic mass is 32.2. The van der Waals surface area contributed by atoms with Crippen LogP contribution in [0.2, 0.25) is 0 Å². The predicted octanol–water partition coefficient (Wildman–Crippen LogP) is 4.99. The van der Waals surface area contributed by atoms with E-state index in [0.29, 0.717) is 15.3 Å². The van der Waals surface area contributed by atoms with Gasteiger partial charge in [-0.15, -0.1) is 13.2 Å². The topological polar surface area (TPSA) is 79.4 Å². The number of hydrogen-bond acceptors (Lipinski definition) is 5. The van der Waals surface area contributed by atoms with Crippen molar-refractivity contribution in [1.82, 2.24) is 9.29 Å². The van der Waals surface area contributed by atoms with E-state index in [2.05, 4.69) is 23.5 Å². The molecule has 168 valence electrons. The summed E-state index contributed by atoms with van der Waals surface area (Å²) in [5.74, 6) is -0.179. The molecule has 0 aliphatic carbocycles. The van der Waals surface area contributed by atoms with Crippen LogP contribution in [0.3, 0.4) is 0 Å². The third-order valence-corrected chi connectivity index (χ3v) is 7.90. The van der Waals surface area contributed by atoms with E-state index < -0.39 is 10.0 Å². The minimum atomic E-state index is -3.71. The number of thiazole rings is 1. The first kappa shape index (κ1) is 22.8. The highest BCUT2D eigenvalue weighted by Crippen LogP contribution is 2.29. The van der Waals surface area contributed by atoms with E-state index in [1.54, 1.807) is 12.1 Å². The second-order valence-electron chi connectivity index (χ2n) is 7.41. The number of rotatable bonds is 9. The Hall–Kier alpha value is -3.33. The molecule has 33 heavy (non-hydrogen) atoms. The van der Waals surface area contributed by atoms with E-state index in [1.165, 1.54) is 33.9 Å². The summed E-state index contributed by atoms with van der Waals surface area (Å²) in [5.41, 5.74) is 1.56. The molecular formula is C25H23N3O3S2. The molecule has 3 aromatic carbocycles. The van der Waals surface area contributed by atoms with Gasteiger partial charge in [-0.1, -0.05) is 66.0 Å². The Morgan fingerprint density at radius 1 is 1.03 bits per heavy atom. The largest absolute Gasteiger partial charge is 0.302 e. The number of hydrogen-bond donors (Lipinski definition) is 1. The van der Waals surface area contributed by atoms with Crippen LogP contribution in [0, 0.1) is 0 Å². The summed E-state index contributed by atoms with van der Waals surface area (Å²) >= 11 is 1.24. The van der Waals surface area contributed by atoms with Crippen LogP contribution < -0.4 is 5.32 Å². The molecule has 8 heteroatoms. The van der Waals surface area contributed by atoms with E-state index in [-0.39, 0.29) is 30.3 Å². The van der Waals surface area contributed by atoms with Crippen molar-refractivity contribution in [3.05, 3.63) is 91.5 Å². The quantitative estimate of drug-likeness (QED) is 0.344. The number of amides is 1. The molecule has 0 spiro atoms. The van der Waals surface area contributed by atoms with Crippen molar-refractivity contribution in [2.45, 2.75) is 11.3 Å². The fourth-order valence-electron chi connectivity index (χ4n) is 3.61. The van der Waals surface area contributed by atoms with Crippen molar-refractivity contribution in [3.8, 4) is 0 Å². The van der Waals surface area contributed by atoms with Gasteiger partial charge in [0.05, 0.1) is 21.5 Å². The third kappa shape index (κ3) is 4.88. The summed E-state index contributed by atoms with van der Waals surface area (Å²) < 4.78 is 28.0. The molecule has 0 unspecified atom stereocenters. The first-order valence-corrected chi connectivity index (χ1v) is 12.6. The van der Waals surface area contributed by atoms with Gasteiger partial charge in [0.1, 0.15) is 0 Å². The monoisotopic (exact) mass is 477 g/mol. The highest BCUT2D eigenvalue weighted by Gasteiger charge is 2.23. The Balaban J connectivity index is 1.55. The van der Waals surface area contributed by atoms with Crippen molar-refractivity contribution in [2.24, 2.45) is 0 Å². The molecule has 0 radical (unpaired) electrons. The lowest BCUT2D eigenvalue weighted by Gasteiger charge is -2.18. The van der Waals surface area contributed by atoms with E-state index in [4.69, 9.17) is 0 Å². The van der Waals surface area contributed by atoms with Gasteiger partial charge in [-0.3, -0.25) is 4.79 Å². The molecule has 0 aliphatic rings. The average Bonchev–Trinajstić information content (AvgIpc) is 3.20. The van der Waals surface area contributed by atoms with Gasteiger partial charge in [0.2, 0.25) is 15.9 Å². The molecule has 1 heterocycles. The number of carbonyl (C=O) groups is 1. The van der Waals surface area contributed by atoms with Crippen molar-refractivity contribution in [1.29, 1.82) is 0 Å². The lowest BCUT2D eigenvalue weighted by molar-refractivity contribution is -0.115. The van der Waals surface area contributed by atoms with Crippen LogP contribution in [-0.2, 0) is 21.2 Å². The number of nitrogens with zero attached hydrogens (tertiary/aromatic N) is 2. The third-order valence-electron chi connectivity index (χ3n) is 5.14. The van der Waals surface area contributed by atoms with Crippen LogP contribution in [0.5, 0.6) is 0 Å². The van der Waals surface area contributed by atoms with Crippen molar-refractivity contribution < 1.29 is 13.2 Å². The predicted molar refractivity (Wildman–Crippen MR) is 135 cm³/mol. The van der Waals surface area contributed by atoms with Crippen molar-refractivity contribution >= 4 is 53.4 Å². The molecule has 0 saturated carbocycles. The lowest BCUT2D eigenvalue weighted by atomic mass is 10.0. The summed E-state index contributed by atoms with van der Waals surface area (Å²) in [4.78, 5) is 17.3. The smallest absolute Gasteiger partial charge is 0.243 e. The molecule has 0 atom stereocenters. The Labute approximate surface area is 196 Å². The zero-order valence-electron chi connectivity index (χ0n) is 17.9. The van der Waals surface area contributed by atoms with Gasteiger partial charge < -0.3 is 5.32 Å². The summed E-state index contributed by atoms with van der Waals surface area (Å²) in [6, 6.07) is 18.6. The number of sulfonamides is 1. The molecule has 6 nitrogen and oxygen atoms in total. The van der Waals surface area contributed by atoms with E-state index >= 15 is 0 Å². The van der Waals surface area contributed by atoms with Gasteiger partial charge in [-0.05, 0) is 34.5 Å². The maximum Gasteiger partial charge on any atom is 0.243 e. The molecule has 0 saturated heterocycles. The minimum Gasteiger partial charge on any atom is -0.302 e. The van der Waals surface area contributed by atoms with Crippen LogP contribution in [0.15, 0.2) is 90.9 Å². The second-order valence-corrected chi connectivity index (χ2v) is 10.4. The van der Waals surface area contributed by atoms with E-state index in [0.717, 1.165) is 16.3 Å². The summed E-state index contributed by atoms with van der Waals surface area (Å²) in [6.45, 7) is 7.63. The van der Waals surface area contributed by atoms with Gasteiger partial charge in [0.15, 0.2) is 5.13 Å². The van der Waals surface area contributed by atoms with Gasteiger partial charge in [-0.2, -0.15) is 4.31 Å². The molecule has 0 fully saturated rings. The highest BCUT2D eigenvalue weighted by molar-refractivity contribution is 7.89. The van der Waals surface area contributed by atoms with Gasteiger partial charge in [-0.25, -0.2) is 13.4 Å². The fourth-order valence-corrected chi connectivity index (χ4v) is 6.01. The summed E-state index contributed by atoms with van der Waals surface area (Å²) in [7, 11) is -3.71. The fraction of sp³-hybridized carbons (Fsp3) is 0.120. The van der Waals surface area contributed by atoms with Crippen molar-refractivity contribution in [3.63, 3.8) is 0 Å². The standard InChI is InChI=1S/C25H23N3O3S2/c1-3-14-28(15-4-2)33(30,31)20-12-13-22-23(17-20)32-25(26-22)27-24(29)16-19-10-7-9-18-8-5-6-11-21(18)19/h3-13,17H,1-2,14-16H2,(H,26,27,29). The lowest BCUT2D eigenvalue weighted by Crippen LogP contribution is -2.31. The Bertz CT molecular complexity index is 1440. The molecule has 0 aliphatic heterocycles. The van der Waals surface area contributed by atoms with Gasteiger partial charge >= 0.3 is 0 Å². The van der Waals surface area contributed by atoms with Crippen molar-refractivity contribution in [2.75, 3.05) is 18.4 Å². The molecule has 1 aromatic heterocycles. The van der Waals surface area contributed by atoms with Gasteiger partial charge in [0.25, 0.3) is 0 Å². The molecule has 1 amide bonds. The van der Waals surface area contributed by atoms with Crippen LogP contribution in [0.25, 0.3) is 21.0 Å². The average molecular weight is 478 g/mol. The van der Waals surface area contributed by atoms with E-state index in [1.807, 2.05) is 42.5 Å². The first-order chi connectivity index (χ1) is 15.9. The maximum atomic E-state index is 13.0. The maximum absolute atomic E-state index is 13.0. The number of carbonyl (C=O) groups excluding carboxylic acids is 1. The van der Waals surface area contributed by atoms with E-state index in [9.17, 15) is 13.2 Å². The number of benzene rings is 3. The normalized spacial score (nSPS) is 11.7. The Morgan fingerprint density at radius 2 is 1.76 bits per heavy atom. The number of anilines is 1. The number of nitrogens with one attached hydrogen (secondary N) is 1. The zero-order valence-corrected chi connectivity index (χ0v) is 19.5. The molecule has 4 aromatic rings. The van der Waals surface area contributed by atoms with Gasteiger partial charge in [0, 0.05) is 13.1 Å². The SMILES string of the molecule is C=CCN(CC=C)S(=O)(=O)c1ccc2nc(NC(=O)Cc3cccc4ccccc34)sc2c1. The van der Waals surface area contributed by atoms with Crippen LogP contribution in [0.4, 0.5) is 5.13 Å². The molecule has 1 N–H and O–H groups in total. The number of fused-ring (bicyclic) bond motifs is 2. The summed E-state index contributed by atoms with van der Waals surface area (Å²) in [5, 5.41) is 5.40. The Kier molecular flexibility index (Phi) is 6.69. The minimum absolute atomic E-state index is 0.163. The Morgan fingerprint density at radius 3 is 2.52 bits per heavy atom. The molecule has 0 bridgehead atoms. The number of aromatic nitrogens is 1. The molecule has 4 rings (SSSR count). The first-order valence-electron chi connectivity index (χ1n) is 10.3. The summed E-state index contributed by atoms with van der Waals surface area (Å²) in [6.07, 6.45) is 3.29. The van der Waals surface area contributed by atoms with Crippen LogP contribution in [0.1, 0.15) is 5.56 Å². The van der Waals surface area contributed by atoms with Crippen LogP contribution in [-0.4, -0.2) is 36.7 Å². The van der Waals surface area contributed by atoms with Crippen LogP contribution >= 0.6 is 11.3 Å². The molecular weight excluding hydrogens is 454 g/mol. The zero-order chi connectivity index (χ0) is 23.4. The second kappa shape index (κ2) is 9.66.